The Labute approximate surface area is 170 Å². The molecule has 0 aliphatic carbocycles. The SMILES string of the molecule is O=C(NCC(c1ccc(F)cc1)N1CCOCC1)c1cc2cccc(Br)c2o1. The number of furan rings is 1. The molecule has 1 atom stereocenters. The van der Waals surface area contributed by atoms with Crippen LogP contribution >= 0.6 is 15.9 Å². The van der Waals surface area contributed by atoms with Crippen molar-refractivity contribution in [2.45, 2.75) is 6.04 Å². The number of rotatable bonds is 5. The molecule has 3 aromatic rings. The summed E-state index contributed by atoms with van der Waals surface area (Å²) in [7, 11) is 0. The van der Waals surface area contributed by atoms with Crippen molar-refractivity contribution in [3.05, 3.63) is 70.1 Å². The van der Waals surface area contributed by atoms with Crippen molar-refractivity contribution in [3.8, 4) is 0 Å². The van der Waals surface area contributed by atoms with E-state index in [0.29, 0.717) is 25.3 Å². The van der Waals surface area contributed by atoms with Crippen LogP contribution in [0.15, 0.2) is 57.4 Å². The fourth-order valence-corrected chi connectivity index (χ4v) is 3.91. The molecule has 2 aromatic carbocycles. The minimum Gasteiger partial charge on any atom is -0.450 e. The lowest BCUT2D eigenvalue weighted by molar-refractivity contribution is 0.0161. The van der Waals surface area contributed by atoms with Gasteiger partial charge in [0.05, 0.1) is 23.7 Å². The predicted molar refractivity (Wildman–Crippen MR) is 108 cm³/mol. The Morgan fingerprint density at radius 2 is 1.93 bits per heavy atom. The Bertz CT molecular complexity index is 967. The zero-order valence-corrected chi connectivity index (χ0v) is 16.7. The number of benzene rings is 2. The highest BCUT2D eigenvalue weighted by atomic mass is 79.9. The summed E-state index contributed by atoms with van der Waals surface area (Å²) in [5, 5.41) is 3.83. The third kappa shape index (κ3) is 4.11. The van der Waals surface area contributed by atoms with Gasteiger partial charge in [-0.05, 0) is 45.8 Å². The summed E-state index contributed by atoms with van der Waals surface area (Å²) < 4.78 is 25.3. The molecule has 146 valence electrons. The number of ether oxygens (including phenoxy) is 1. The van der Waals surface area contributed by atoms with Crippen LogP contribution in [-0.4, -0.2) is 43.7 Å². The van der Waals surface area contributed by atoms with E-state index in [1.807, 2.05) is 18.2 Å². The van der Waals surface area contributed by atoms with Crippen LogP contribution < -0.4 is 5.32 Å². The van der Waals surface area contributed by atoms with E-state index in [4.69, 9.17) is 9.15 Å². The number of hydrogen-bond donors (Lipinski definition) is 1. The topological polar surface area (TPSA) is 54.7 Å². The van der Waals surface area contributed by atoms with Gasteiger partial charge in [-0.2, -0.15) is 0 Å². The fourth-order valence-electron chi connectivity index (χ4n) is 3.45. The first-order valence-electron chi connectivity index (χ1n) is 9.15. The first-order chi connectivity index (χ1) is 13.6. The zero-order chi connectivity index (χ0) is 19.5. The summed E-state index contributed by atoms with van der Waals surface area (Å²) in [4.78, 5) is 14.9. The number of amides is 1. The third-order valence-electron chi connectivity index (χ3n) is 4.92. The zero-order valence-electron chi connectivity index (χ0n) is 15.2. The van der Waals surface area contributed by atoms with Gasteiger partial charge in [-0.3, -0.25) is 9.69 Å². The highest BCUT2D eigenvalue weighted by molar-refractivity contribution is 9.10. The number of fused-ring (bicyclic) bond motifs is 1. The van der Waals surface area contributed by atoms with Crippen molar-refractivity contribution >= 4 is 32.8 Å². The normalized spacial score (nSPS) is 16.2. The highest BCUT2D eigenvalue weighted by Crippen LogP contribution is 2.27. The smallest absolute Gasteiger partial charge is 0.287 e. The van der Waals surface area contributed by atoms with Crippen LogP contribution in [-0.2, 0) is 4.74 Å². The van der Waals surface area contributed by atoms with E-state index in [2.05, 4.69) is 26.1 Å². The molecule has 1 amide bonds. The van der Waals surface area contributed by atoms with Gasteiger partial charge in [0.25, 0.3) is 5.91 Å². The number of nitrogens with zero attached hydrogens (tertiary/aromatic N) is 1. The van der Waals surface area contributed by atoms with Crippen LogP contribution in [0.5, 0.6) is 0 Å². The Kier molecular flexibility index (Phi) is 5.75. The molecule has 1 unspecified atom stereocenters. The van der Waals surface area contributed by atoms with Crippen LogP contribution in [0.3, 0.4) is 0 Å². The minimum atomic E-state index is -0.277. The molecule has 0 saturated carbocycles. The predicted octanol–water partition coefficient (Wildman–Crippen LogP) is 4.14. The van der Waals surface area contributed by atoms with Gasteiger partial charge < -0.3 is 14.5 Å². The summed E-state index contributed by atoms with van der Waals surface area (Å²) in [6, 6.07) is 13.8. The third-order valence-corrected chi connectivity index (χ3v) is 5.54. The van der Waals surface area contributed by atoms with Crippen molar-refractivity contribution in [2.24, 2.45) is 0 Å². The average molecular weight is 447 g/mol. The summed E-state index contributed by atoms with van der Waals surface area (Å²) in [6.45, 7) is 3.19. The van der Waals surface area contributed by atoms with Crippen molar-refractivity contribution in [2.75, 3.05) is 32.8 Å². The van der Waals surface area contributed by atoms with E-state index in [1.165, 1.54) is 12.1 Å². The maximum atomic E-state index is 13.3. The monoisotopic (exact) mass is 446 g/mol. The maximum absolute atomic E-state index is 13.3. The van der Waals surface area contributed by atoms with Crippen LogP contribution in [0, 0.1) is 5.82 Å². The molecule has 0 bridgehead atoms. The van der Waals surface area contributed by atoms with Gasteiger partial charge in [0, 0.05) is 25.0 Å². The average Bonchev–Trinajstić information content (AvgIpc) is 3.16. The Hall–Kier alpha value is -2.22. The van der Waals surface area contributed by atoms with E-state index >= 15 is 0 Å². The van der Waals surface area contributed by atoms with E-state index in [0.717, 1.165) is 28.5 Å². The van der Waals surface area contributed by atoms with E-state index in [9.17, 15) is 9.18 Å². The quantitative estimate of drug-likeness (QED) is 0.639. The van der Waals surface area contributed by atoms with E-state index in [1.54, 1.807) is 18.2 Å². The number of morpholine rings is 1. The molecular formula is C21H20BrFN2O3. The summed E-state index contributed by atoms with van der Waals surface area (Å²) >= 11 is 3.44. The molecule has 1 saturated heterocycles. The maximum Gasteiger partial charge on any atom is 0.287 e. The van der Waals surface area contributed by atoms with Crippen molar-refractivity contribution in [3.63, 3.8) is 0 Å². The summed E-state index contributed by atoms with van der Waals surface area (Å²) in [6.07, 6.45) is 0. The largest absolute Gasteiger partial charge is 0.450 e. The lowest BCUT2D eigenvalue weighted by Crippen LogP contribution is -2.43. The number of carbonyl (C=O) groups excluding carboxylic acids is 1. The number of para-hydroxylation sites is 1. The van der Waals surface area contributed by atoms with Gasteiger partial charge >= 0.3 is 0 Å². The standard InChI is InChI=1S/C21H20BrFN2O3/c22-17-3-1-2-15-12-19(28-20(15)17)21(26)24-13-18(25-8-10-27-11-9-25)14-4-6-16(23)7-5-14/h1-7,12,18H,8-11,13H2,(H,24,26). The first-order valence-corrected chi connectivity index (χ1v) is 9.94. The van der Waals surface area contributed by atoms with Gasteiger partial charge in [-0.1, -0.05) is 24.3 Å². The summed E-state index contributed by atoms with van der Waals surface area (Å²) in [5.74, 6) is -0.286. The second kappa shape index (κ2) is 8.43. The number of carbonyl (C=O) groups is 1. The van der Waals surface area contributed by atoms with Crippen LogP contribution in [0.2, 0.25) is 0 Å². The minimum absolute atomic E-state index is 0.0652. The molecule has 0 radical (unpaired) electrons. The molecule has 1 fully saturated rings. The van der Waals surface area contributed by atoms with Gasteiger partial charge in [0.15, 0.2) is 5.76 Å². The first kappa shape index (κ1) is 19.1. The van der Waals surface area contributed by atoms with Gasteiger partial charge in [0.2, 0.25) is 0 Å². The summed E-state index contributed by atoms with van der Waals surface area (Å²) in [5.41, 5.74) is 1.60. The van der Waals surface area contributed by atoms with Crippen LogP contribution in [0.25, 0.3) is 11.0 Å². The molecule has 7 heteroatoms. The van der Waals surface area contributed by atoms with Crippen molar-refractivity contribution in [1.82, 2.24) is 10.2 Å². The van der Waals surface area contributed by atoms with Gasteiger partial charge in [-0.15, -0.1) is 0 Å². The molecule has 1 N–H and O–H groups in total. The lowest BCUT2D eigenvalue weighted by Gasteiger charge is -2.34. The Morgan fingerprint density at radius 1 is 1.18 bits per heavy atom. The molecular weight excluding hydrogens is 427 g/mol. The molecule has 1 aliphatic rings. The second-order valence-electron chi connectivity index (χ2n) is 6.69. The van der Waals surface area contributed by atoms with Gasteiger partial charge in [0.1, 0.15) is 11.4 Å². The number of halogens is 2. The lowest BCUT2D eigenvalue weighted by atomic mass is 10.0. The molecule has 2 heterocycles. The molecule has 1 aliphatic heterocycles. The van der Waals surface area contributed by atoms with Gasteiger partial charge in [-0.25, -0.2) is 4.39 Å². The number of nitrogens with one attached hydrogen (secondary N) is 1. The van der Waals surface area contributed by atoms with E-state index in [-0.39, 0.29) is 23.5 Å². The molecule has 28 heavy (non-hydrogen) atoms. The van der Waals surface area contributed by atoms with Crippen LogP contribution in [0.4, 0.5) is 4.39 Å². The molecule has 5 nitrogen and oxygen atoms in total. The fraction of sp³-hybridized carbons (Fsp3) is 0.286. The second-order valence-corrected chi connectivity index (χ2v) is 7.55. The molecule has 4 rings (SSSR count). The van der Waals surface area contributed by atoms with Crippen molar-refractivity contribution in [1.29, 1.82) is 0 Å². The molecule has 0 spiro atoms. The van der Waals surface area contributed by atoms with Crippen molar-refractivity contribution < 1.29 is 18.3 Å². The molecule has 1 aromatic heterocycles. The Morgan fingerprint density at radius 3 is 2.64 bits per heavy atom. The Balaban J connectivity index is 1.51. The number of hydrogen-bond acceptors (Lipinski definition) is 4. The van der Waals surface area contributed by atoms with E-state index < -0.39 is 0 Å². The highest BCUT2D eigenvalue weighted by Gasteiger charge is 2.24. The van der Waals surface area contributed by atoms with Crippen LogP contribution in [0.1, 0.15) is 22.2 Å².